The molecule has 0 bridgehead atoms. The van der Waals surface area contributed by atoms with E-state index in [0.717, 1.165) is 30.8 Å². The average molecular weight is 330 g/mol. The van der Waals surface area contributed by atoms with Crippen molar-refractivity contribution in [3.63, 3.8) is 0 Å². The van der Waals surface area contributed by atoms with Crippen LogP contribution >= 0.6 is 11.3 Å². The first-order chi connectivity index (χ1) is 11.3. The second kappa shape index (κ2) is 7.62. The summed E-state index contributed by atoms with van der Waals surface area (Å²) in [7, 11) is 1.78. The van der Waals surface area contributed by atoms with Crippen LogP contribution < -0.4 is 10.2 Å². The second-order valence-electron chi connectivity index (χ2n) is 5.73. The van der Waals surface area contributed by atoms with Gasteiger partial charge in [-0.3, -0.25) is 4.79 Å². The minimum absolute atomic E-state index is 0.0250. The van der Waals surface area contributed by atoms with E-state index in [1.165, 1.54) is 5.69 Å². The molecule has 1 aromatic carbocycles. The van der Waals surface area contributed by atoms with Crippen molar-refractivity contribution in [3.05, 3.63) is 52.2 Å². The zero-order chi connectivity index (χ0) is 16.1. The molecule has 2 heterocycles. The summed E-state index contributed by atoms with van der Waals surface area (Å²) in [6, 6.07) is 11.9. The summed E-state index contributed by atoms with van der Waals surface area (Å²) in [5.74, 6) is -0.0250. The third-order valence-electron chi connectivity index (χ3n) is 4.27. The Morgan fingerprint density at radius 3 is 2.61 bits per heavy atom. The lowest BCUT2D eigenvalue weighted by Crippen LogP contribution is -2.36. The average Bonchev–Trinajstić information content (AvgIpc) is 3.13. The van der Waals surface area contributed by atoms with Crippen LogP contribution in [0.5, 0.6) is 0 Å². The quantitative estimate of drug-likeness (QED) is 0.914. The Hall–Kier alpha value is -1.85. The van der Waals surface area contributed by atoms with Crippen LogP contribution in [0.15, 0.2) is 41.8 Å². The number of amides is 1. The molecule has 1 aliphatic heterocycles. The SMILES string of the molecule is COC1CCN(c2ccc(C(=O)NCc3cccs3)cc2)CC1. The van der Waals surface area contributed by atoms with Gasteiger partial charge in [-0.05, 0) is 48.6 Å². The van der Waals surface area contributed by atoms with Gasteiger partial charge in [0.15, 0.2) is 0 Å². The number of carbonyl (C=O) groups is 1. The second-order valence-corrected chi connectivity index (χ2v) is 6.76. The van der Waals surface area contributed by atoms with Crippen LogP contribution in [0.3, 0.4) is 0 Å². The van der Waals surface area contributed by atoms with Crippen LogP contribution in [0.1, 0.15) is 28.1 Å². The normalized spacial score (nSPS) is 15.6. The molecule has 1 amide bonds. The zero-order valence-electron chi connectivity index (χ0n) is 13.3. The molecule has 0 aliphatic carbocycles. The van der Waals surface area contributed by atoms with E-state index in [1.807, 2.05) is 41.8 Å². The third kappa shape index (κ3) is 4.12. The molecule has 0 radical (unpaired) electrons. The number of nitrogens with zero attached hydrogens (tertiary/aromatic N) is 1. The molecule has 1 aromatic heterocycles. The summed E-state index contributed by atoms with van der Waals surface area (Å²) >= 11 is 1.65. The van der Waals surface area contributed by atoms with E-state index < -0.39 is 0 Å². The molecular weight excluding hydrogens is 308 g/mol. The smallest absolute Gasteiger partial charge is 0.251 e. The molecule has 1 saturated heterocycles. The first-order valence-corrected chi connectivity index (χ1v) is 8.82. The molecule has 23 heavy (non-hydrogen) atoms. The highest BCUT2D eigenvalue weighted by atomic mass is 32.1. The number of methoxy groups -OCH3 is 1. The Morgan fingerprint density at radius 1 is 1.26 bits per heavy atom. The highest BCUT2D eigenvalue weighted by Crippen LogP contribution is 2.21. The van der Waals surface area contributed by atoms with Crippen molar-refractivity contribution >= 4 is 22.9 Å². The Balaban J connectivity index is 1.55. The van der Waals surface area contributed by atoms with Gasteiger partial charge in [-0.15, -0.1) is 11.3 Å². The van der Waals surface area contributed by atoms with Gasteiger partial charge in [0, 0.05) is 36.3 Å². The Labute approximate surface area is 141 Å². The molecular formula is C18H22N2O2S. The number of thiophene rings is 1. The van der Waals surface area contributed by atoms with Crippen molar-refractivity contribution in [1.82, 2.24) is 5.32 Å². The number of piperidine rings is 1. The number of rotatable bonds is 5. The molecule has 1 aliphatic rings. The molecule has 1 N–H and O–H groups in total. The highest BCUT2D eigenvalue weighted by molar-refractivity contribution is 7.09. The molecule has 4 nitrogen and oxygen atoms in total. The monoisotopic (exact) mass is 330 g/mol. The zero-order valence-corrected chi connectivity index (χ0v) is 14.1. The fourth-order valence-corrected chi connectivity index (χ4v) is 3.50. The molecule has 1 fully saturated rings. The number of benzene rings is 1. The van der Waals surface area contributed by atoms with Gasteiger partial charge in [-0.2, -0.15) is 0 Å². The van der Waals surface area contributed by atoms with Crippen LogP contribution in [-0.4, -0.2) is 32.2 Å². The van der Waals surface area contributed by atoms with Crippen LogP contribution in [0.2, 0.25) is 0 Å². The summed E-state index contributed by atoms with van der Waals surface area (Å²) in [5.41, 5.74) is 1.88. The fraction of sp³-hybridized carbons (Fsp3) is 0.389. The standard InChI is InChI=1S/C18H22N2O2S/c1-22-16-8-10-20(11-9-16)15-6-4-14(5-7-15)18(21)19-13-17-3-2-12-23-17/h2-7,12,16H,8-11,13H2,1H3,(H,19,21). The van der Waals surface area contributed by atoms with Gasteiger partial charge in [0.2, 0.25) is 0 Å². The lowest BCUT2D eigenvalue weighted by atomic mass is 10.1. The number of anilines is 1. The largest absolute Gasteiger partial charge is 0.381 e. The van der Waals surface area contributed by atoms with Gasteiger partial charge in [-0.1, -0.05) is 6.07 Å². The van der Waals surface area contributed by atoms with E-state index in [2.05, 4.69) is 10.2 Å². The number of hydrogen-bond acceptors (Lipinski definition) is 4. The Kier molecular flexibility index (Phi) is 5.31. The van der Waals surface area contributed by atoms with Crippen LogP contribution in [0.25, 0.3) is 0 Å². The minimum Gasteiger partial charge on any atom is -0.381 e. The van der Waals surface area contributed by atoms with Crippen molar-refractivity contribution in [1.29, 1.82) is 0 Å². The summed E-state index contributed by atoms with van der Waals surface area (Å²) in [6.45, 7) is 2.59. The van der Waals surface area contributed by atoms with Gasteiger partial charge in [0.1, 0.15) is 0 Å². The minimum atomic E-state index is -0.0250. The maximum Gasteiger partial charge on any atom is 0.251 e. The van der Waals surface area contributed by atoms with Crippen molar-refractivity contribution in [2.45, 2.75) is 25.5 Å². The summed E-state index contributed by atoms with van der Waals surface area (Å²) in [4.78, 5) is 15.7. The van der Waals surface area contributed by atoms with E-state index in [-0.39, 0.29) is 5.91 Å². The molecule has 0 saturated carbocycles. The van der Waals surface area contributed by atoms with Gasteiger partial charge in [0.25, 0.3) is 5.91 Å². The van der Waals surface area contributed by atoms with E-state index in [9.17, 15) is 4.79 Å². The lowest BCUT2D eigenvalue weighted by Gasteiger charge is -2.33. The topological polar surface area (TPSA) is 41.6 Å². The van der Waals surface area contributed by atoms with Crippen LogP contribution in [0.4, 0.5) is 5.69 Å². The van der Waals surface area contributed by atoms with Crippen molar-refractivity contribution in [2.75, 3.05) is 25.1 Å². The molecule has 5 heteroatoms. The predicted molar refractivity (Wildman–Crippen MR) is 94.2 cm³/mol. The molecule has 3 rings (SSSR count). The van der Waals surface area contributed by atoms with Gasteiger partial charge >= 0.3 is 0 Å². The molecule has 0 atom stereocenters. The first-order valence-electron chi connectivity index (χ1n) is 7.94. The number of nitrogens with one attached hydrogen (secondary N) is 1. The fourth-order valence-electron chi connectivity index (χ4n) is 2.86. The Bertz CT molecular complexity index is 617. The molecule has 122 valence electrons. The summed E-state index contributed by atoms with van der Waals surface area (Å²) in [5, 5.41) is 4.97. The summed E-state index contributed by atoms with van der Waals surface area (Å²) in [6.07, 6.45) is 2.49. The van der Waals surface area contributed by atoms with Crippen molar-refractivity contribution < 1.29 is 9.53 Å². The predicted octanol–water partition coefficient (Wildman–Crippen LogP) is 3.29. The van der Waals surface area contributed by atoms with Gasteiger partial charge in [0.05, 0.1) is 12.6 Å². The number of hydrogen-bond donors (Lipinski definition) is 1. The van der Waals surface area contributed by atoms with Crippen LogP contribution in [-0.2, 0) is 11.3 Å². The third-order valence-corrected chi connectivity index (χ3v) is 5.15. The van der Waals surface area contributed by atoms with E-state index in [0.29, 0.717) is 18.2 Å². The van der Waals surface area contributed by atoms with E-state index in [1.54, 1.807) is 18.4 Å². The molecule has 2 aromatic rings. The van der Waals surface area contributed by atoms with Gasteiger partial charge in [-0.25, -0.2) is 0 Å². The van der Waals surface area contributed by atoms with E-state index >= 15 is 0 Å². The molecule has 0 unspecified atom stereocenters. The maximum atomic E-state index is 12.2. The maximum absolute atomic E-state index is 12.2. The number of ether oxygens (including phenoxy) is 1. The van der Waals surface area contributed by atoms with E-state index in [4.69, 9.17) is 4.74 Å². The van der Waals surface area contributed by atoms with Crippen molar-refractivity contribution in [2.24, 2.45) is 0 Å². The van der Waals surface area contributed by atoms with Crippen LogP contribution in [0, 0.1) is 0 Å². The highest BCUT2D eigenvalue weighted by Gasteiger charge is 2.19. The van der Waals surface area contributed by atoms with Gasteiger partial charge < -0.3 is 15.0 Å². The summed E-state index contributed by atoms with van der Waals surface area (Å²) < 4.78 is 5.40. The molecule has 0 spiro atoms. The number of carbonyl (C=O) groups excluding carboxylic acids is 1. The first kappa shape index (κ1) is 16.0. The lowest BCUT2D eigenvalue weighted by molar-refractivity contribution is 0.0819. The Morgan fingerprint density at radius 2 is 2.00 bits per heavy atom. The van der Waals surface area contributed by atoms with Crippen molar-refractivity contribution in [3.8, 4) is 0 Å².